The highest BCUT2D eigenvalue weighted by atomic mass is 35.5. The molecule has 2 aliphatic rings. The predicted octanol–water partition coefficient (Wildman–Crippen LogP) is 4.45. The lowest BCUT2D eigenvalue weighted by molar-refractivity contribution is -0.132. The first-order valence-electron chi connectivity index (χ1n) is 8.82. The Balaban J connectivity index is 0.00000131. The lowest BCUT2D eigenvalue weighted by Gasteiger charge is -2.38. The second-order valence-corrected chi connectivity index (χ2v) is 8.43. The average molecular weight is 449 g/mol. The number of thiazole rings is 1. The topological polar surface area (TPSA) is 45.2 Å². The molecule has 0 atom stereocenters. The number of halogens is 3. The van der Waals surface area contributed by atoms with Crippen molar-refractivity contribution in [2.75, 3.05) is 26.2 Å². The van der Waals surface area contributed by atoms with Crippen LogP contribution >= 0.6 is 47.8 Å². The molecule has 3 heterocycles. The van der Waals surface area contributed by atoms with Crippen LogP contribution in [-0.2, 0) is 11.2 Å². The second kappa shape index (κ2) is 9.57. The van der Waals surface area contributed by atoms with Crippen molar-refractivity contribution >= 4 is 53.7 Å². The first kappa shape index (κ1) is 22.4. The quantitative estimate of drug-likeness (QED) is 0.754. The molecule has 1 aromatic heterocycles. The Hall–Kier alpha value is -0.850. The van der Waals surface area contributed by atoms with E-state index in [1.807, 2.05) is 34.5 Å². The van der Waals surface area contributed by atoms with Gasteiger partial charge in [0.05, 0.1) is 12.1 Å². The van der Waals surface area contributed by atoms with Crippen LogP contribution < -0.4 is 5.32 Å². The number of benzene rings is 1. The minimum atomic E-state index is 0. The number of nitrogens with zero attached hydrogens (tertiary/aromatic N) is 2. The lowest BCUT2D eigenvalue weighted by atomic mass is 9.78. The highest BCUT2D eigenvalue weighted by molar-refractivity contribution is 7.13. The highest BCUT2D eigenvalue weighted by Gasteiger charge is 2.37. The Morgan fingerprint density at radius 1 is 1.19 bits per heavy atom. The highest BCUT2D eigenvalue weighted by Crippen LogP contribution is 2.37. The van der Waals surface area contributed by atoms with E-state index in [4.69, 9.17) is 11.6 Å². The first-order chi connectivity index (χ1) is 12.1. The minimum Gasteiger partial charge on any atom is -0.342 e. The molecule has 1 aromatic carbocycles. The van der Waals surface area contributed by atoms with E-state index >= 15 is 0 Å². The monoisotopic (exact) mass is 447 g/mol. The van der Waals surface area contributed by atoms with Crippen LogP contribution in [0.15, 0.2) is 29.6 Å². The average Bonchev–Trinajstić information content (AvgIpc) is 3.26. The standard InChI is InChI=1S/C19H22ClN3OS.2ClH/c20-15-3-1-14(2-4-15)18-22-16(12-25-18)11-17(24)23-9-6-19(7-10-23)5-8-21-13-19;;/h1-4,12,21H,5-11,13H2;2*1H. The molecule has 2 saturated heterocycles. The summed E-state index contributed by atoms with van der Waals surface area (Å²) < 4.78 is 0. The van der Waals surface area contributed by atoms with Gasteiger partial charge in [0.1, 0.15) is 5.01 Å². The number of rotatable bonds is 3. The third-order valence-corrected chi connectivity index (χ3v) is 6.68. The molecule has 27 heavy (non-hydrogen) atoms. The fourth-order valence-electron chi connectivity index (χ4n) is 3.83. The van der Waals surface area contributed by atoms with Crippen LogP contribution in [0.1, 0.15) is 25.0 Å². The molecule has 1 N–H and O–H groups in total. The summed E-state index contributed by atoms with van der Waals surface area (Å²) in [6, 6.07) is 7.66. The third kappa shape index (κ3) is 5.15. The number of nitrogens with one attached hydrogen (secondary N) is 1. The molecule has 4 rings (SSSR count). The molecule has 0 aliphatic carbocycles. The van der Waals surface area contributed by atoms with Crippen LogP contribution in [0.3, 0.4) is 0 Å². The maximum absolute atomic E-state index is 12.6. The van der Waals surface area contributed by atoms with Crippen molar-refractivity contribution < 1.29 is 4.79 Å². The van der Waals surface area contributed by atoms with Gasteiger partial charge in [0.15, 0.2) is 0 Å². The van der Waals surface area contributed by atoms with Crippen LogP contribution in [0.2, 0.25) is 5.02 Å². The number of likely N-dealkylation sites (tertiary alicyclic amines) is 1. The van der Waals surface area contributed by atoms with Crippen LogP contribution in [0, 0.1) is 5.41 Å². The van der Waals surface area contributed by atoms with Gasteiger partial charge in [-0.25, -0.2) is 4.98 Å². The first-order valence-corrected chi connectivity index (χ1v) is 10.1. The smallest absolute Gasteiger partial charge is 0.228 e. The second-order valence-electron chi connectivity index (χ2n) is 7.14. The molecule has 0 saturated carbocycles. The van der Waals surface area contributed by atoms with Gasteiger partial charge in [-0.1, -0.05) is 23.7 Å². The summed E-state index contributed by atoms with van der Waals surface area (Å²) in [6.45, 7) is 4.01. The molecule has 8 heteroatoms. The van der Waals surface area contributed by atoms with Crippen LogP contribution in [0.25, 0.3) is 10.6 Å². The van der Waals surface area contributed by atoms with Crippen molar-refractivity contribution in [3.63, 3.8) is 0 Å². The fraction of sp³-hybridized carbons (Fsp3) is 0.474. The summed E-state index contributed by atoms with van der Waals surface area (Å²) in [5.41, 5.74) is 2.35. The molecule has 148 valence electrons. The van der Waals surface area contributed by atoms with Gasteiger partial charge in [-0.15, -0.1) is 36.2 Å². The molecule has 2 fully saturated rings. The summed E-state index contributed by atoms with van der Waals surface area (Å²) in [5, 5.41) is 7.12. The van der Waals surface area contributed by atoms with E-state index in [0.29, 0.717) is 11.8 Å². The van der Waals surface area contributed by atoms with Gasteiger partial charge < -0.3 is 10.2 Å². The molecule has 1 amide bonds. The van der Waals surface area contributed by atoms with Crippen molar-refractivity contribution in [2.24, 2.45) is 5.41 Å². The predicted molar refractivity (Wildman–Crippen MR) is 116 cm³/mol. The lowest BCUT2D eigenvalue weighted by Crippen LogP contribution is -2.44. The number of hydrogen-bond donors (Lipinski definition) is 1. The zero-order chi connectivity index (χ0) is 17.3. The fourth-order valence-corrected chi connectivity index (χ4v) is 4.78. The number of amides is 1. The van der Waals surface area contributed by atoms with Gasteiger partial charge in [-0.05, 0) is 43.4 Å². The van der Waals surface area contributed by atoms with Gasteiger partial charge in [-0.2, -0.15) is 0 Å². The molecule has 0 radical (unpaired) electrons. The van der Waals surface area contributed by atoms with Gasteiger partial charge in [-0.3, -0.25) is 4.79 Å². The van der Waals surface area contributed by atoms with E-state index in [1.165, 1.54) is 6.42 Å². The van der Waals surface area contributed by atoms with Gasteiger partial charge in [0.2, 0.25) is 5.91 Å². The van der Waals surface area contributed by atoms with E-state index in [2.05, 4.69) is 10.3 Å². The molecular weight excluding hydrogens is 425 g/mol. The van der Waals surface area contributed by atoms with E-state index in [0.717, 1.165) is 60.3 Å². The van der Waals surface area contributed by atoms with Crippen molar-refractivity contribution in [1.29, 1.82) is 0 Å². The molecule has 0 unspecified atom stereocenters. The molecule has 1 spiro atoms. The summed E-state index contributed by atoms with van der Waals surface area (Å²) in [7, 11) is 0. The molecule has 2 aliphatic heterocycles. The normalized spacial score (nSPS) is 18.0. The zero-order valence-corrected chi connectivity index (χ0v) is 18.2. The van der Waals surface area contributed by atoms with Crippen LogP contribution in [0.4, 0.5) is 0 Å². The van der Waals surface area contributed by atoms with Gasteiger partial charge >= 0.3 is 0 Å². The van der Waals surface area contributed by atoms with E-state index in [-0.39, 0.29) is 30.7 Å². The van der Waals surface area contributed by atoms with Crippen LogP contribution in [-0.4, -0.2) is 42.0 Å². The number of piperidine rings is 1. The van der Waals surface area contributed by atoms with Crippen molar-refractivity contribution in [1.82, 2.24) is 15.2 Å². The third-order valence-electron chi connectivity index (χ3n) is 5.48. The van der Waals surface area contributed by atoms with Crippen molar-refractivity contribution in [3.05, 3.63) is 40.4 Å². The largest absolute Gasteiger partial charge is 0.342 e. The molecule has 0 bridgehead atoms. The maximum Gasteiger partial charge on any atom is 0.228 e. The molecule has 2 aromatic rings. The number of carbonyl (C=O) groups is 1. The number of carbonyl (C=O) groups excluding carboxylic acids is 1. The SMILES string of the molecule is Cl.Cl.O=C(Cc1csc(-c2ccc(Cl)cc2)n1)N1CCC2(CCNC2)CC1. The van der Waals surface area contributed by atoms with E-state index in [1.54, 1.807) is 11.3 Å². The Morgan fingerprint density at radius 3 is 2.52 bits per heavy atom. The van der Waals surface area contributed by atoms with Crippen molar-refractivity contribution in [3.8, 4) is 10.6 Å². The number of hydrogen-bond acceptors (Lipinski definition) is 4. The Labute approximate surface area is 181 Å². The minimum absolute atomic E-state index is 0. The molecular formula is C19H24Cl3N3OS. The van der Waals surface area contributed by atoms with Crippen LogP contribution in [0.5, 0.6) is 0 Å². The Bertz CT molecular complexity index is 750. The maximum atomic E-state index is 12.6. The van der Waals surface area contributed by atoms with E-state index in [9.17, 15) is 4.79 Å². The molecule has 4 nitrogen and oxygen atoms in total. The summed E-state index contributed by atoms with van der Waals surface area (Å²) in [6.07, 6.45) is 3.90. The number of aromatic nitrogens is 1. The zero-order valence-electron chi connectivity index (χ0n) is 14.9. The Morgan fingerprint density at radius 2 is 1.89 bits per heavy atom. The Kier molecular flexibility index (Phi) is 7.95. The summed E-state index contributed by atoms with van der Waals surface area (Å²) >= 11 is 7.51. The van der Waals surface area contributed by atoms with Gasteiger partial charge in [0, 0.05) is 35.6 Å². The van der Waals surface area contributed by atoms with Gasteiger partial charge in [0.25, 0.3) is 0 Å². The van der Waals surface area contributed by atoms with E-state index < -0.39 is 0 Å². The summed E-state index contributed by atoms with van der Waals surface area (Å²) in [4.78, 5) is 19.3. The van der Waals surface area contributed by atoms with Crippen molar-refractivity contribution in [2.45, 2.75) is 25.7 Å². The summed E-state index contributed by atoms with van der Waals surface area (Å²) in [5.74, 6) is 0.203.